The highest BCUT2D eigenvalue weighted by atomic mass is 16.5. The molecule has 0 unspecified atom stereocenters. The van der Waals surface area contributed by atoms with E-state index in [-0.39, 0.29) is 6.61 Å². The first-order valence-corrected chi connectivity index (χ1v) is 5.65. The van der Waals surface area contributed by atoms with Crippen LogP contribution in [0.3, 0.4) is 0 Å². The second kappa shape index (κ2) is 12.9. The minimum absolute atomic E-state index is 0.0220. The Balaban J connectivity index is 2.78. The Morgan fingerprint density at radius 1 is 0.786 bits per heavy atom. The molecule has 0 aliphatic carbocycles. The third kappa shape index (κ3) is 11.9. The van der Waals surface area contributed by atoms with Crippen molar-refractivity contribution in [2.75, 3.05) is 33.0 Å². The van der Waals surface area contributed by atoms with E-state index in [1.165, 1.54) is 0 Å². The van der Waals surface area contributed by atoms with Crippen LogP contribution in [0, 0.1) is 0 Å². The summed E-state index contributed by atoms with van der Waals surface area (Å²) in [6, 6.07) is 0. The van der Waals surface area contributed by atoms with Crippen molar-refractivity contribution in [1.29, 1.82) is 0 Å². The van der Waals surface area contributed by atoms with Crippen molar-refractivity contribution in [1.82, 2.24) is 0 Å². The fourth-order valence-electron chi connectivity index (χ4n) is 1.06. The SMILES string of the molecule is CCCOCCCCOCCCC[O]. The average Bonchev–Trinajstić information content (AvgIpc) is 2.21. The van der Waals surface area contributed by atoms with Gasteiger partial charge in [-0.15, -0.1) is 0 Å². The van der Waals surface area contributed by atoms with Crippen LogP contribution < -0.4 is 0 Å². The highest BCUT2D eigenvalue weighted by molar-refractivity contribution is 4.40. The molecule has 3 heteroatoms. The maximum atomic E-state index is 10.1. The lowest BCUT2D eigenvalue weighted by molar-refractivity contribution is 0.0962. The molecule has 0 rings (SSSR count). The van der Waals surface area contributed by atoms with Gasteiger partial charge in [-0.05, 0) is 32.1 Å². The van der Waals surface area contributed by atoms with Gasteiger partial charge < -0.3 is 9.47 Å². The minimum atomic E-state index is 0.0220. The van der Waals surface area contributed by atoms with Crippen molar-refractivity contribution in [2.45, 2.75) is 39.0 Å². The minimum Gasteiger partial charge on any atom is -0.381 e. The molecule has 0 atom stereocenters. The Bertz CT molecular complexity index is 84.5. The van der Waals surface area contributed by atoms with Gasteiger partial charge >= 0.3 is 0 Å². The van der Waals surface area contributed by atoms with Crippen molar-refractivity contribution in [3.63, 3.8) is 0 Å². The number of hydrogen-bond donors (Lipinski definition) is 0. The smallest absolute Gasteiger partial charge is 0.0823 e. The van der Waals surface area contributed by atoms with Crippen molar-refractivity contribution in [3.8, 4) is 0 Å². The van der Waals surface area contributed by atoms with Crippen molar-refractivity contribution < 1.29 is 14.6 Å². The molecule has 0 fully saturated rings. The number of ether oxygens (including phenoxy) is 2. The molecule has 0 saturated heterocycles. The van der Waals surface area contributed by atoms with Crippen LogP contribution in [0.15, 0.2) is 0 Å². The average molecular weight is 203 g/mol. The highest BCUT2D eigenvalue weighted by Gasteiger charge is 1.91. The quantitative estimate of drug-likeness (QED) is 0.484. The third-order valence-electron chi connectivity index (χ3n) is 1.86. The zero-order chi connectivity index (χ0) is 10.5. The van der Waals surface area contributed by atoms with Gasteiger partial charge in [0.25, 0.3) is 0 Å². The van der Waals surface area contributed by atoms with Gasteiger partial charge in [0.15, 0.2) is 0 Å². The lowest BCUT2D eigenvalue weighted by Crippen LogP contribution is -2.01. The van der Waals surface area contributed by atoms with Crippen LogP contribution in [0.1, 0.15) is 39.0 Å². The van der Waals surface area contributed by atoms with E-state index in [1.54, 1.807) is 0 Å². The molecule has 3 nitrogen and oxygen atoms in total. The van der Waals surface area contributed by atoms with E-state index in [1.807, 2.05) is 0 Å². The maximum Gasteiger partial charge on any atom is 0.0823 e. The Morgan fingerprint density at radius 3 is 1.79 bits per heavy atom. The van der Waals surface area contributed by atoms with Crippen LogP contribution in [0.5, 0.6) is 0 Å². The van der Waals surface area contributed by atoms with E-state index in [0.29, 0.717) is 0 Å². The maximum absolute atomic E-state index is 10.1. The molecule has 0 saturated carbocycles. The predicted octanol–water partition coefficient (Wildman–Crippen LogP) is 2.42. The van der Waals surface area contributed by atoms with Crippen LogP contribution in [0.25, 0.3) is 0 Å². The van der Waals surface area contributed by atoms with Crippen LogP contribution >= 0.6 is 0 Å². The Hall–Kier alpha value is -0.120. The Kier molecular flexibility index (Phi) is 12.8. The lowest BCUT2D eigenvalue weighted by Gasteiger charge is -2.04. The van der Waals surface area contributed by atoms with Crippen LogP contribution in [-0.2, 0) is 14.6 Å². The van der Waals surface area contributed by atoms with Gasteiger partial charge in [-0.2, -0.15) is 0 Å². The van der Waals surface area contributed by atoms with Crippen LogP contribution in [-0.4, -0.2) is 33.0 Å². The molecule has 0 aromatic carbocycles. The number of unbranched alkanes of at least 4 members (excludes halogenated alkanes) is 2. The number of hydrogen-bond acceptors (Lipinski definition) is 2. The van der Waals surface area contributed by atoms with E-state index < -0.39 is 0 Å². The van der Waals surface area contributed by atoms with Gasteiger partial charge in [0.1, 0.15) is 0 Å². The topological polar surface area (TPSA) is 38.4 Å². The monoisotopic (exact) mass is 203 g/mol. The third-order valence-corrected chi connectivity index (χ3v) is 1.86. The largest absolute Gasteiger partial charge is 0.381 e. The summed E-state index contributed by atoms with van der Waals surface area (Å²) in [5.41, 5.74) is 0. The highest BCUT2D eigenvalue weighted by Crippen LogP contribution is 1.94. The normalized spacial score (nSPS) is 10.7. The Labute approximate surface area is 87.4 Å². The summed E-state index contributed by atoms with van der Waals surface area (Å²) in [4.78, 5) is 0. The van der Waals surface area contributed by atoms with Crippen molar-refractivity contribution >= 4 is 0 Å². The van der Waals surface area contributed by atoms with E-state index in [2.05, 4.69) is 6.92 Å². The van der Waals surface area contributed by atoms with E-state index >= 15 is 0 Å². The zero-order valence-electron chi connectivity index (χ0n) is 9.30. The van der Waals surface area contributed by atoms with Gasteiger partial charge in [-0.3, -0.25) is 0 Å². The van der Waals surface area contributed by atoms with Gasteiger partial charge in [0.05, 0.1) is 6.61 Å². The summed E-state index contributed by atoms with van der Waals surface area (Å²) in [6.45, 7) is 5.38. The molecular formula is C11H23O3. The molecule has 0 N–H and O–H groups in total. The van der Waals surface area contributed by atoms with Crippen molar-refractivity contribution in [3.05, 3.63) is 0 Å². The molecule has 14 heavy (non-hydrogen) atoms. The number of rotatable bonds is 11. The molecular weight excluding hydrogens is 180 g/mol. The van der Waals surface area contributed by atoms with Crippen LogP contribution in [0.4, 0.5) is 0 Å². The second-order valence-electron chi connectivity index (χ2n) is 3.34. The molecule has 0 amide bonds. The summed E-state index contributed by atoms with van der Waals surface area (Å²) in [5, 5.41) is 10.1. The zero-order valence-corrected chi connectivity index (χ0v) is 9.30. The summed E-state index contributed by atoms with van der Waals surface area (Å²) < 4.78 is 10.7. The first-order chi connectivity index (χ1) is 6.91. The molecule has 0 aliphatic heterocycles. The van der Waals surface area contributed by atoms with Crippen molar-refractivity contribution in [2.24, 2.45) is 0 Å². The molecule has 85 valence electrons. The predicted molar refractivity (Wildman–Crippen MR) is 56.0 cm³/mol. The summed E-state index contributed by atoms with van der Waals surface area (Å²) in [6.07, 6.45) is 4.85. The summed E-state index contributed by atoms with van der Waals surface area (Å²) >= 11 is 0. The van der Waals surface area contributed by atoms with E-state index in [4.69, 9.17) is 9.47 Å². The standard InChI is InChI=1S/C11H23O3/c1-2-8-13-10-5-6-11-14-9-4-3-7-12/h2-11H2,1H3. The molecule has 0 heterocycles. The fourth-order valence-corrected chi connectivity index (χ4v) is 1.06. The molecule has 0 aromatic heterocycles. The van der Waals surface area contributed by atoms with E-state index in [9.17, 15) is 5.11 Å². The molecule has 0 bridgehead atoms. The molecule has 1 radical (unpaired) electrons. The van der Waals surface area contributed by atoms with Gasteiger partial charge in [-0.1, -0.05) is 6.92 Å². The van der Waals surface area contributed by atoms with E-state index in [0.717, 1.165) is 58.5 Å². The molecule has 0 spiro atoms. The summed E-state index contributed by atoms with van der Waals surface area (Å²) in [7, 11) is 0. The lowest BCUT2D eigenvalue weighted by atomic mass is 10.3. The van der Waals surface area contributed by atoms with Crippen LogP contribution in [0.2, 0.25) is 0 Å². The second-order valence-corrected chi connectivity index (χ2v) is 3.34. The van der Waals surface area contributed by atoms with Gasteiger partial charge in [0, 0.05) is 26.4 Å². The first-order valence-electron chi connectivity index (χ1n) is 5.65. The molecule has 0 aromatic rings. The first kappa shape index (κ1) is 13.9. The molecule has 0 aliphatic rings. The fraction of sp³-hybridized carbons (Fsp3) is 1.00. The van der Waals surface area contributed by atoms with Gasteiger partial charge in [0.2, 0.25) is 0 Å². The Morgan fingerprint density at radius 2 is 1.29 bits per heavy atom. The summed E-state index contributed by atoms with van der Waals surface area (Å²) in [5.74, 6) is 0. The van der Waals surface area contributed by atoms with Gasteiger partial charge in [-0.25, -0.2) is 5.11 Å².